The molecule has 1 aliphatic heterocycles. The molecular formula is C15H23BrN2. The standard InChI is InChI=1S/C15H23BrN2/c1-17-8-10-18(11-9-17)7-3-6-14-4-2-5-15(12-14)13-16/h2,4-5,12H,3,6-11,13H2,1H3. The molecule has 1 aromatic rings. The van der Waals surface area contributed by atoms with Crippen molar-refractivity contribution in [2.75, 3.05) is 39.8 Å². The first-order valence-electron chi connectivity index (χ1n) is 6.82. The second-order valence-corrected chi connectivity index (χ2v) is 5.76. The van der Waals surface area contributed by atoms with Crippen LogP contribution in [-0.4, -0.2) is 49.6 Å². The first-order chi connectivity index (χ1) is 8.78. The van der Waals surface area contributed by atoms with Gasteiger partial charge < -0.3 is 9.80 Å². The lowest BCUT2D eigenvalue weighted by Gasteiger charge is -2.32. The molecule has 0 unspecified atom stereocenters. The van der Waals surface area contributed by atoms with Crippen molar-refractivity contribution >= 4 is 15.9 Å². The number of piperazine rings is 1. The van der Waals surface area contributed by atoms with Crippen molar-refractivity contribution < 1.29 is 0 Å². The van der Waals surface area contributed by atoms with E-state index in [-0.39, 0.29) is 0 Å². The van der Waals surface area contributed by atoms with Crippen LogP contribution < -0.4 is 0 Å². The highest BCUT2D eigenvalue weighted by molar-refractivity contribution is 9.08. The molecule has 100 valence electrons. The Morgan fingerprint density at radius 2 is 1.83 bits per heavy atom. The number of nitrogens with zero attached hydrogens (tertiary/aromatic N) is 2. The molecule has 2 rings (SSSR count). The zero-order chi connectivity index (χ0) is 12.8. The van der Waals surface area contributed by atoms with E-state index in [0.29, 0.717) is 0 Å². The van der Waals surface area contributed by atoms with Gasteiger partial charge in [-0.2, -0.15) is 0 Å². The SMILES string of the molecule is CN1CCN(CCCc2cccc(CBr)c2)CC1. The third-order valence-corrected chi connectivity index (χ3v) is 4.33. The van der Waals surface area contributed by atoms with Crippen LogP contribution in [0.3, 0.4) is 0 Å². The minimum absolute atomic E-state index is 0.958. The number of halogens is 1. The maximum absolute atomic E-state index is 3.52. The maximum atomic E-state index is 3.52. The second-order valence-electron chi connectivity index (χ2n) is 5.20. The lowest BCUT2D eigenvalue weighted by molar-refractivity contribution is 0.153. The predicted octanol–water partition coefficient (Wildman–Crippen LogP) is 2.76. The van der Waals surface area contributed by atoms with Crippen molar-refractivity contribution in [1.29, 1.82) is 0 Å². The number of hydrogen-bond acceptors (Lipinski definition) is 2. The summed E-state index contributed by atoms with van der Waals surface area (Å²) in [6.07, 6.45) is 2.47. The van der Waals surface area contributed by atoms with E-state index in [1.807, 2.05) is 0 Å². The van der Waals surface area contributed by atoms with Crippen molar-refractivity contribution in [3.05, 3.63) is 35.4 Å². The van der Waals surface area contributed by atoms with Gasteiger partial charge in [0, 0.05) is 31.5 Å². The van der Waals surface area contributed by atoms with Gasteiger partial charge in [0.05, 0.1) is 0 Å². The average molecular weight is 311 g/mol. The second kappa shape index (κ2) is 7.27. The van der Waals surface area contributed by atoms with E-state index in [0.717, 1.165) is 5.33 Å². The average Bonchev–Trinajstić information content (AvgIpc) is 2.41. The van der Waals surface area contributed by atoms with Crippen molar-refractivity contribution in [3.8, 4) is 0 Å². The number of hydrogen-bond donors (Lipinski definition) is 0. The van der Waals surface area contributed by atoms with E-state index in [1.54, 1.807) is 0 Å². The molecule has 3 heteroatoms. The summed E-state index contributed by atoms with van der Waals surface area (Å²) >= 11 is 3.52. The third kappa shape index (κ3) is 4.38. The van der Waals surface area contributed by atoms with Gasteiger partial charge in [0.1, 0.15) is 0 Å². The first kappa shape index (κ1) is 14.0. The Kier molecular flexibility index (Phi) is 5.67. The van der Waals surface area contributed by atoms with E-state index < -0.39 is 0 Å². The molecule has 2 nitrogen and oxygen atoms in total. The molecule has 0 aromatic heterocycles. The number of benzene rings is 1. The highest BCUT2D eigenvalue weighted by Gasteiger charge is 2.12. The van der Waals surface area contributed by atoms with Gasteiger partial charge >= 0.3 is 0 Å². The molecule has 1 aliphatic rings. The molecule has 0 atom stereocenters. The number of alkyl halides is 1. The van der Waals surface area contributed by atoms with Gasteiger partial charge in [-0.05, 0) is 37.6 Å². The van der Waals surface area contributed by atoms with E-state index in [2.05, 4.69) is 57.0 Å². The zero-order valence-electron chi connectivity index (χ0n) is 11.2. The molecule has 0 spiro atoms. The van der Waals surface area contributed by atoms with Crippen LogP contribution in [-0.2, 0) is 11.8 Å². The van der Waals surface area contributed by atoms with E-state index >= 15 is 0 Å². The summed E-state index contributed by atoms with van der Waals surface area (Å²) in [6, 6.07) is 8.91. The molecule has 1 heterocycles. The smallest absolute Gasteiger partial charge is 0.0283 e. The van der Waals surface area contributed by atoms with Crippen LogP contribution >= 0.6 is 15.9 Å². The van der Waals surface area contributed by atoms with Crippen molar-refractivity contribution in [3.63, 3.8) is 0 Å². The molecule has 0 N–H and O–H groups in total. The van der Waals surface area contributed by atoms with Crippen LogP contribution in [0.4, 0.5) is 0 Å². The van der Waals surface area contributed by atoms with Gasteiger partial charge in [-0.15, -0.1) is 0 Å². The quantitative estimate of drug-likeness (QED) is 0.772. The van der Waals surface area contributed by atoms with E-state index in [4.69, 9.17) is 0 Å². The monoisotopic (exact) mass is 310 g/mol. The molecule has 1 fully saturated rings. The van der Waals surface area contributed by atoms with Gasteiger partial charge in [0.2, 0.25) is 0 Å². The highest BCUT2D eigenvalue weighted by Crippen LogP contribution is 2.11. The Morgan fingerprint density at radius 3 is 2.56 bits per heavy atom. The number of likely N-dealkylation sites (N-methyl/N-ethyl adjacent to an activating group) is 1. The van der Waals surface area contributed by atoms with Crippen LogP contribution in [0.2, 0.25) is 0 Å². The summed E-state index contributed by atoms with van der Waals surface area (Å²) < 4.78 is 0. The predicted molar refractivity (Wildman–Crippen MR) is 81.3 cm³/mol. The first-order valence-corrected chi connectivity index (χ1v) is 7.95. The fourth-order valence-electron chi connectivity index (χ4n) is 2.45. The number of aryl methyl sites for hydroxylation is 1. The van der Waals surface area contributed by atoms with E-state index in [1.165, 1.54) is 56.7 Å². The Bertz CT molecular complexity index is 359. The summed E-state index contributed by atoms with van der Waals surface area (Å²) in [4.78, 5) is 5.00. The lowest BCUT2D eigenvalue weighted by Crippen LogP contribution is -2.44. The maximum Gasteiger partial charge on any atom is 0.0283 e. The summed E-state index contributed by atoms with van der Waals surface area (Å²) in [7, 11) is 2.21. The minimum Gasteiger partial charge on any atom is -0.304 e. The van der Waals surface area contributed by atoms with Gasteiger partial charge in [0.15, 0.2) is 0 Å². The summed E-state index contributed by atoms with van der Waals surface area (Å²) in [5, 5.41) is 0.958. The molecular weight excluding hydrogens is 288 g/mol. The van der Waals surface area contributed by atoms with Crippen LogP contribution in [0.15, 0.2) is 24.3 Å². The fourth-order valence-corrected chi connectivity index (χ4v) is 2.80. The van der Waals surface area contributed by atoms with Gasteiger partial charge in [-0.3, -0.25) is 0 Å². The molecule has 0 radical (unpaired) electrons. The summed E-state index contributed by atoms with van der Waals surface area (Å²) in [5.41, 5.74) is 2.85. The van der Waals surface area contributed by atoms with Crippen molar-refractivity contribution in [2.24, 2.45) is 0 Å². The Balaban J connectivity index is 1.71. The lowest BCUT2D eigenvalue weighted by atomic mass is 10.1. The van der Waals surface area contributed by atoms with Crippen LogP contribution in [0.1, 0.15) is 17.5 Å². The highest BCUT2D eigenvalue weighted by atomic mass is 79.9. The Morgan fingerprint density at radius 1 is 1.11 bits per heavy atom. The normalized spacial score (nSPS) is 18.1. The molecule has 0 saturated carbocycles. The van der Waals surface area contributed by atoms with Crippen LogP contribution in [0, 0.1) is 0 Å². The van der Waals surface area contributed by atoms with Gasteiger partial charge in [0.25, 0.3) is 0 Å². The van der Waals surface area contributed by atoms with Crippen LogP contribution in [0.5, 0.6) is 0 Å². The van der Waals surface area contributed by atoms with Crippen molar-refractivity contribution in [2.45, 2.75) is 18.2 Å². The molecule has 1 saturated heterocycles. The fraction of sp³-hybridized carbons (Fsp3) is 0.600. The molecule has 0 bridgehead atoms. The summed E-state index contributed by atoms with van der Waals surface area (Å²) in [6.45, 7) is 6.15. The largest absolute Gasteiger partial charge is 0.304 e. The van der Waals surface area contributed by atoms with Gasteiger partial charge in [-0.25, -0.2) is 0 Å². The molecule has 1 aromatic carbocycles. The zero-order valence-corrected chi connectivity index (χ0v) is 12.8. The molecule has 0 aliphatic carbocycles. The Hall–Kier alpha value is -0.380. The summed E-state index contributed by atoms with van der Waals surface area (Å²) in [5.74, 6) is 0. The minimum atomic E-state index is 0.958. The van der Waals surface area contributed by atoms with Crippen LogP contribution in [0.25, 0.3) is 0 Å². The molecule has 18 heavy (non-hydrogen) atoms. The number of rotatable bonds is 5. The Labute approximate surface area is 119 Å². The van der Waals surface area contributed by atoms with Gasteiger partial charge in [-0.1, -0.05) is 40.2 Å². The van der Waals surface area contributed by atoms with Crippen molar-refractivity contribution in [1.82, 2.24) is 9.80 Å². The van der Waals surface area contributed by atoms with E-state index in [9.17, 15) is 0 Å². The third-order valence-electron chi connectivity index (χ3n) is 3.68. The molecule has 0 amide bonds. The topological polar surface area (TPSA) is 6.48 Å².